The second-order valence-electron chi connectivity index (χ2n) is 3.92. The van der Waals surface area contributed by atoms with Gasteiger partial charge in [0.15, 0.2) is 0 Å². The third-order valence-corrected chi connectivity index (χ3v) is 3.48. The van der Waals surface area contributed by atoms with Crippen LogP contribution in [0.25, 0.3) is 0 Å². The molecule has 1 aromatic rings. The lowest BCUT2D eigenvalue weighted by Crippen LogP contribution is -2.25. The lowest BCUT2D eigenvalue weighted by atomic mass is 10.1. The van der Waals surface area contributed by atoms with E-state index in [4.69, 9.17) is 0 Å². The third kappa shape index (κ3) is 3.66. The fourth-order valence-corrected chi connectivity index (χ4v) is 2.24. The SMILES string of the molecule is CCCC(CBr)Cn1cccc([N+](=O)[O-])c1=O. The van der Waals surface area contributed by atoms with E-state index in [9.17, 15) is 14.9 Å². The van der Waals surface area contributed by atoms with Gasteiger partial charge in [0.1, 0.15) is 0 Å². The molecule has 0 fully saturated rings. The Bertz CT molecular complexity index is 445. The minimum Gasteiger partial charge on any atom is -0.309 e. The predicted molar refractivity (Wildman–Crippen MR) is 69.5 cm³/mol. The van der Waals surface area contributed by atoms with Crippen molar-refractivity contribution >= 4 is 21.6 Å². The van der Waals surface area contributed by atoms with Gasteiger partial charge in [-0.3, -0.25) is 14.9 Å². The minimum absolute atomic E-state index is 0.319. The van der Waals surface area contributed by atoms with Gasteiger partial charge < -0.3 is 4.57 Å². The van der Waals surface area contributed by atoms with E-state index < -0.39 is 10.5 Å². The number of pyridine rings is 1. The van der Waals surface area contributed by atoms with Crippen LogP contribution in [0.4, 0.5) is 5.69 Å². The highest BCUT2D eigenvalue weighted by atomic mass is 79.9. The van der Waals surface area contributed by atoms with Crippen molar-refractivity contribution in [3.63, 3.8) is 0 Å². The molecule has 0 spiro atoms. The zero-order valence-corrected chi connectivity index (χ0v) is 11.2. The van der Waals surface area contributed by atoms with Crippen LogP contribution >= 0.6 is 15.9 Å². The molecule has 0 aliphatic rings. The molecule has 0 aliphatic heterocycles. The molecule has 0 saturated heterocycles. The molecule has 0 aromatic carbocycles. The van der Waals surface area contributed by atoms with E-state index in [0.29, 0.717) is 12.5 Å². The van der Waals surface area contributed by atoms with Gasteiger partial charge in [-0.1, -0.05) is 29.3 Å². The highest BCUT2D eigenvalue weighted by Crippen LogP contribution is 2.12. The Kier molecular flexibility index (Phi) is 5.34. The average Bonchev–Trinajstić information content (AvgIpc) is 2.30. The zero-order chi connectivity index (χ0) is 12.8. The lowest BCUT2D eigenvalue weighted by Gasteiger charge is -2.14. The first-order valence-electron chi connectivity index (χ1n) is 5.50. The molecule has 0 N–H and O–H groups in total. The Hall–Kier alpha value is -1.17. The van der Waals surface area contributed by atoms with Crippen molar-refractivity contribution < 1.29 is 4.92 Å². The van der Waals surface area contributed by atoms with Crippen LogP contribution in [0.2, 0.25) is 0 Å². The van der Waals surface area contributed by atoms with Crippen molar-refractivity contribution in [3.8, 4) is 0 Å². The number of hydrogen-bond acceptors (Lipinski definition) is 3. The molecule has 0 amide bonds. The standard InChI is InChI=1S/C11H15BrN2O3/c1-2-4-9(7-12)8-13-6-3-5-10(11(13)15)14(16)17/h3,5-6,9H,2,4,7-8H2,1H3. The van der Waals surface area contributed by atoms with Crippen LogP contribution in [0.3, 0.4) is 0 Å². The number of hydrogen-bond donors (Lipinski definition) is 0. The Labute approximate surface area is 108 Å². The molecule has 0 radical (unpaired) electrons. The summed E-state index contributed by atoms with van der Waals surface area (Å²) in [6.07, 6.45) is 3.61. The summed E-state index contributed by atoms with van der Waals surface area (Å²) in [5, 5.41) is 11.4. The van der Waals surface area contributed by atoms with Crippen LogP contribution in [-0.4, -0.2) is 14.8 Å². The van der Waals surface area contributed by atoms with E-state index in [2.05, 4.69) is 22.9 Å². The van der Waals surface area contributed by atoms with Gasteiger partial charge in [0.2, 0.25) is 0 Å². The van der Waals surface area contributed by atoms with E-state index in [0.717, 1.165) is 18.2 Å². The van der Waals surface area contributed by atoms with Crippen molar-refractivity contribution in [3.05, 3.63) is 38.8 Å². The van der Waals surface area contributed by atoms with Gasteiger partial charge in [0.05, 0.1) is 4.92 Å². The van der Waals surface area contributed by atoms with Crippen LogP contribution in [0.15, 0.2) is 23.1 Å². The van der Waals surface area contributed by atoms with Gasteiger partial charge in [-0.2, -0.15) is 0 Å². The summed E-state index contributed by atoms with van der Waals surface area (Å²) in [7, 11) is 0. The maximum Gasteiger partial charge on any atom is 0.334 e. The van der Waals surface area contributed by atoms with Crippen molar-refractivity contribution in [2.24, 2.45) is 5.92 Å². The van der Waals surface area contributed by atoms with Gasteiger partial charge in [0.25, 0.3) is 0 Å². The maximum atomic E-state index is 11.8. The summed E-state index contributed by atoms with van der Waals surface area (Å²) in [5.74, 6) is 0.319. The molecule has 6 heteroatoms. The summed E-state index contributed by atoms with van der Waals surface area (Å²) in [5.41, 5.74) is -0.892. The molecule has 0 bridgehead atoms. The first-order valence-corrected chi connectivity index (χ1v) is 6.62. The van der Waals surface area contributed by atoms with Gasteiger partial charge in [0, 0.05) is 24.1 Å². The summed E-state index contributed by atoms with van der Waals surface area (Å²) in [6.45, 7) is 2.59. The molecule has 5 nitrogen and oxygen atoms in total. The van der Waals surface area contributed by atoms with E-state index in [-0.39, 0.29) is 5.69 Å². The molecule has 94 valence electrons. The fourth-order valence-electron chi connectivity index (χ4n) is 1.71. The molecule has 1 unspecified atom stereocenters. The van der Waals surface area contributed by atoms with Crippen LogP contribution in [0, 0.1) is 16.0 Å². The van der Waals surface area contributed by atoms with Gasteiger partial charge in [-0.25, -0.2) is 0 Å². The zero-order valence-electron chi connectivity index (χ0n) is 9.63. The molecule has 1 heterocycles. The smallest absolute Gasteiger partial charge is 0.309 e. The second-order valence-corrected chi connectivity index (χ2v) is 4.56. The molecule has 1 atom stereocenters. The van der Waals surface area contributed by atoms with E-state index in [1.165, 1.54) is 16.7 Å². The van der Waals surface area contributed by atoms with Crippen LogP contribution in [0.5, 0.6) is 0 Å². The number of aromatic nitrogens is 1. The Balaban J connectivity index is 2.95. The Morgan fingerprint density at radius 1 is 1.59 bits per heavy atom. The quantitative estimate of drug-likeness (QED) is 0.461. The monoisotopic (exact) mass is 302 g/mol. The highest BCUT2D eigenvalue weighted by Gasteiger charge is 2.15. The number of nitro groups is 1. The summed E-state index contributed by atoms with van der Waals surface area (Å²) in [4.78, 5) is 21.8. The van der Waals surface area contributed by atoms with Crippen molar-refractivity contribution in [1.82, 2.24) is 4.57 Å². The van der Waals surface area contributed by atoms with Crippen LogP contribution in [0.1, 0.15) is 19.8 Å². The minimum atomic E-state index is -0.637. The van der Waals surface area contributed by atoms with E-state index >= 15 is 0 Å². The third-order valence-electron chi connectivity index (χ3n) is 2.57. The summed E-state index contributed by atoms with van der Waals surface area (Å²) < 4.78 is 1.42. The Morgan fingerprint density at radius 2 is 2.29 bits per heavy atom. The average molecular weight is 303 g/mol. The van der Waals surface area contributed by atoms with E-state index in [1.54, 1.807) is 6.20 Å². The number of nitrogens with zero attached hydrogens (tertiary/aromatic N) is 2. The first kappa shape index (κ1) is 13.9. The maximum absolute atomic E-state index is 11.8. The molecule has 17 heavy (non-hydrogen) atoms. The molecular formula is C11H15BrN2O3. The largest absolute Gasteiger partial charge is 0.334 e. The Morgan fingerprint density at radius 3 is 2.82 bits per heavy atom. The number of alkyl halides is 1. The normalized spacial score (nSPS) is 12.4. The second kappa shape index (κ2) is 6.54. The molecule has 0 saturated carbocycles. The number of halogens is 1. The van der Waals surface area contributed by atoms with Gasteiger partial charge in [-0.15, -0.1) is 0 Å². The van der Waals surface area contributed by atoms with Crippen LogP contribution in [-0.2, 0) is 6.54 Å². The van der Waals surface area contributed by atoms with Crippen LogP contribution < -0.4 is 5.56 Å². The van der Waals surface area contributed by atoms with Crippen molar-refractivity contribution in [1.29, 1.82) is 0 Å². The van der Waals surface area contributed by atoms with Gasteiger partial charge >= 0.3 is 11.2 Å². The van der Waals surface area contributed by atoms with Crippen molar-refractivity contribution in [2.45, 2.75) is 26.3 Å². The predicted octanol–water partition coefficient (Wildman–Crippen LogP) is 2.57. The summed E-state index contributed by atoms with van der Waals surface area (Å²) >= 11 is 3.40. The topological polar surface area (TPSA) is 65.1 Å². The highest BCUT2D eigenvalue weighted by molar-refractivity contribution is 9.09. The van der Waals surface area contributed by atoms with Crippen molar-refractivity contribution in [2.75, 3.05) is 5.33 Å². The number of rotatable bonds is 6. The molecule has 0 aliphatic carbocycles. The van der Waals surface area contributed by atoms with Gasteiger partial charge in [-0.05, 0) is 18.4 Å². The summed E-state index contributed by atoms with van der Waals surface area (Å²) in [6, 6.07) is 2.78. The fraction of sp³-hybridized carbons (Fsp3) is 0.545. The molecular weight excluding hydrogens is 288 g/mol. The lowest BCUT2D eigenvalue weighted by molar-refractivity contribution is -0.386. The van der Waals surface area contributed by atoms with E-state index in [1.807, 2.05) is 0 Å². The molecule has 1 aromatic heterocycles. The molecule has 1 rings (SSSR count). The first-order chi connectivity index (χ1) is 8.10.